The lowest BCUT2D eigenvalue weighted by Gasteiger charge is -2.23. The third kappa shape index (κ3) is 2.85. The molecule has 1 saturated heterocycles. The first kappa shape index (κ1) is 16.4. The number of rotatable bonds is 3. The number of para-hydroxylation sites is 2. The number of hydrogen-bond acceptors (Lipinski definition) is 4. The van der Waals surface area contributed by atoms with Crippen molar-refractivity contribution in [1.29, 1.82) is 0 Å². The maximum absolute atomic E-state index is 4.69. The number of likely N-dealkylation sites (tertiary alicyclic amines) is 1. The number of benzene rings is 1. The maximum Gasteiger partial charge on any atom is 0.206 e. The number of fused-ring (bicyclic) bond motifs is 3. The van der Waals surface area contributed by atoms with E-state index in [9.17, 15) is 0 Å². The number of hydrogen-bond donors (Lipinski definition) is 0. The topological polar surface area (TPSA) is 22.1 Å². The van der Waals surface area contributed by atoms with Crippen molar-refractivity contribution >= 4 is 42.1 Å². The van der Waals surface area contributed by atoms with Crippen LogP contribution in [-0.2, 0) is 0 Å². The Kier molecular flexibility index (Phi) is 5.36. The summed E-state index contributed by atoms with van der Waals surface area (Å²) in [6.07, 6.45) is 2.73. The number of guanidine groups is 1. The van der Waals surface area contributed by atoms with Crippen LogP contribution in [0.5, 0.6) is 0 Å². The summed E-state index contributed by atoms with van der Waals surface area (Å²) in [6.45, 7) is 6.72. The third-order valence-electron chi connectivity index (χ3n) is 4.36. The van der Waals surface area contributed by atoms with Crippen LogP contribution >= 0.6 is 24.8 Å². The molecule has 0 aromatic heterocycles. The van der Waals surface area contributed by atoms with E-state index in [0.717, 1.165) is 26.2 Å². The van der Waals surface area contributed by atoms with Gasteiger partial charge in [-0.15, -0.1) is 24.8 Å². The lowest BCUT2D eigenvalue weighted by Crippen LogP contribution is -2.40. The minimum atomic E-state index is 0. The average Bonchev–Trinajstić information content (AvgIpc) is 3.14. The van der Waals surface area contributed by atoms with Crippen LogP contribution in [0.15, 0.2) is 29.3 Å². The molecule has 0 aliphatic carbocycles. The summed E-state index contributed by atoms with van der Waals surface area (Å²) in [6, 6.07) is 8.69. The van der Waals surface area contributed by atoms with Gasteiger partial charge in [0, 0.05) is 19.6 Å². The Morgan fingerprint density at radius 3 is 2.38 bits per heavy atom. The number of nitrogens with zero attached hydrogens (tertiary/aromatic N) is 4. The zero-order valence-corrected chi connectivity index (χ0v) is 13.7. The second-order valence-corrected chi connectivity index (χ2v) is 5.52. The van der Waals surface area contributed by atoms with E-state index in [-0.39, 0.29) is 24.8 Å². The Morgan fingerprint density at radius 1 is 0.905 bits per heavy atom. The van der Waals surface area contributed by atoms with Gasteiger partial charge in [0.1, 0.15) is 0 Å². The molecule has 1 aromatic rings. The van der Waals surface area contributed by atoms with Gasteiger partial charge in [-0.3, -0.25) is 4.99 Å². The monoisotopic (exact) mass is 328 g/mol. The SMILES string of the molecule is Cl.Cl.c1ccc2c(c1)N1CCN=C1N2CCN1CCCC1. The molecule has 21 heavy (non-hydrogen) atoms. The van der Waals surface area contributed by atoms with Crippen molar-refractivity contribution < 1.29 is 0 Å². The van der Waals surface area contributed by atoms with Crippen molar-refractivity contribution in [3.8, 4) is 0 Å². The van der Waals surface area contributed by atoms with E-state index < -0.39 is 0 Å². The standard InChI is InChI=1S/C15H20N4.2ClH/c1-2-6-14-13(5-1)18-10-7-16-15(18)19(14)12-11-17-8-3-4-9-17;;/h1-2,5-6H,3-4,7-12H2;2*1H. The normalized spacial score (nSPS) is 19.7. The van der Waals surface area contributed by atoms with Crippen molar-refractivity contribution in [1.82, 2.24) is 4.90 Å². The molecule has 3 aliphatic rings. The molecule has 0 saturated carbocycles. The number of aliphatic imine (C=N–C) groups is 1. The summed E-state index contributed by atoms with van der Waals surface area (Å²) >= 11 is 0. The van der Waals surface area contributed by atoms with E-state index in [0.29, 0.717) is 0 Å². The fraction of sp³-hybridized carbons (Fsp3) is 0.533. The molecule has 3 aliphatic heterocycles. The molecule has 6 heteroatoms. The highest BCUT2D eigenvalue weighted by Gasteiger charge is 2.34. The smallest absolute Gasteiger partial charge is 0.206 e. The van der Waals surface area contributed by atoms with Gasteiger partial charge in [0.25, 0.3) is 0 Å². The Labute approximate surface area is 138 Å². The van der Waals surface area contributed by atoms with E-state index in [1.165, 1.54) is 43.3 Å². The molecule has 4 rings (SSSR count). The predicted octanol–water partition coefficient (Wildman–Crippen LogP) is 2.62. The van der Waals surface area contributed by atoms with Gasteiger partial charge in [-0.25, -0.2) is 0 Å². The lowest BCUT2D eigenvalue weighted by molar-refractivity contribution is 0.349. The molecule has 0 bridgehead atoms. The van der Waals surface area contributed by atoms with Crippen LogP contribution in [0.4, 0.5) is 11.4 Å². The zero-order valence-electron chi connectivity index (χ0n) is 12.1. The van der Waals surface area contributed by atoms with Crippen molar-refractivity contribution in [3.05, 3.63) is 24.3 Å². The van der Waals surface area contributed by atoms with Gasteiger partial charge in [0.05, 0.1) is 17.9 Å². The molecular formula is C15H22Cl2N4. The van der Waals surface area contributed by atoms with Crippen LogP contribution in [0.25, 0.3) is 0 Å². The Hall–Kier alpha value is -0.970. The molecule has 0 radical (unpaired) electrons. The quantitative estimate of drug-likeness (QED) is 0.851. The molecule has 0 unspecified atom stereocenters. The predicted molar refractivity (Wildman–Crippen MR) is 93.6 cm³/mol. The summed E-state index contributed by atoms with van der Waals surface area (Å²) in [5.41, 5.74) is 2.67. The molecule has 0 N–H and O–H groups in total. The number of anilines is 2. The van der Waals surface area contributed by atoms with Crippen LogP contribution in [0.3, 0.4) is 0 Å². The van der Waals surface area contributed by atoms with Crippen LogP contribution in [-0.4, -0.2) is 50.1 Å². The van der Waals surface area contributed by atoms with Gasteiger partial charge in [-0.2, -0.15) is 0 Å². The minimum Gasteiger partial charge on any atom is -0.309 e. The lowest BCUT2D eigenvalue weighted by atomic mass is 10.2. The zero-order chi connectivity index (χ0) is 12.7. The van der Waals surface area contributed by atoms with Gasteiger partial charge in [0.15, 0.2) is 0 Å². The van der Waals surface area contributed by atoms with E-state index in [1.54, 1.807) is 0 Å². The van der Waals surface area contributed by atoms with Crippen LogP contribution in [0.2, 0.25) is 0 Å². The molecule has 116 valence electrons. The number of halogens is 2. The molecule has 0 amide bonds. The molecule has 3 heterocycles. The highest BCUT2D eigenvalue weighted by molar-refractivity contribution is 6.17. The van der Waals surface area contributed by atoms with Crippen molar-refractivity contribution in [2.24, 2.45) is 4.99 Å². The molecule has 0 atom stereocenters. The largest absolute Gasteiger partial charge is 0.309 e. The fourth-order valence-electron chi connectivity index (χ4n) is 3.39. The van der Waals surface area contributed by atoms with Gasteiger partial charge >= 0.3 is 0 Å². The fourth-order valence-corrected chi connectivity index (χ4v) is 3.39. The molecular weight excluding hydrogens is 307 g/mol. The average molecular weight is 329 g/mol. The molecule has 1 aromatic carbocycles. The summed E-state index contributed by atoms with van der Waals surface area (Å²) in [7, 11) is 0. The maximum atomic E-state index is 4.69. The summed E-state index contributed by atoms with van der Waals surface area (Å²) in [5.74, 6) is 1.17. The van der Waals surface area contributed by atoms with Crippen LogP contribution in [0.1, 0.15) is 12.8 Å². The summed E-state index contributed by atoms with van der Waals surface area (Å²) in [5, 5.41) is 0. The Balaban J connectivity index is 0.000000807. The second kappa shape index (κ2) is 6.86. The molecule has 4 nitrogen and oxygen atoms in total. The van der Waals surface area contributed by atoms with Gasteiger partial charge in [-0.05, 0) is 38.1 Å². The highest BCUT2D eigenvalue weighted by Crippen LogP contribution is 2.38. The first-order chi connectivity index (χ1) is 9.43. The van der Waals surface area contributed by atoms with Gasteiger partial charge in [0.2, 0.25) is 5.96 Å². The van der Waals surface area contributed by atoms with Crippen LogP contribution < -0.4 is 9.80 Å². The molecule has 1 fully saturated rings. The second-order valence-electron chi connectivity index (χ2n) is 5.52. The summed E-state index contributed by atoms with van der Waals surface area (Å²) < 4.78 is 0. The van der Waals surface area contributed by atoms with Crippen molar-refractivity contribution in [2.45, 2.75) is 12.8 Å². The van der Waals surface area contributed by atoms with E-state index >= 15 is 0 Å². The van der Waals surface area contributed by atoms with E-state index in [4.69, 9.17) is 0 Å². The summed E-state index contributed by atoms with van der Waals surface area (Å²) in [4.78, 5) is 12.0. The van der Waals surface area contributed by atoms with Crippen LogP contribution in [0, 0.1) is 0 Å². The van der Waals surface area contributed by atoms with E-state index in [1.807, 2.05) is 0 Å². The molecule has 0 spiro atoms. The van der Waals surface area contributed by atoms with Crippen molar-refractivity contribution in [3.63, 3.8) is 0 Å². The highest BCUT2D eigenvalue weighted by atomic mass is 35.5. The van der Waals surface area contributed by atoms with Gasteiger partial charge < -0.3 is 14.7 Å². The minimum absolute atomic E-state index is 0. The van der Waals surface area contributed by atoms with Gasteiger partial charge in [-0.1, -0.05) is 12.1 Å². The Morgan fingerprint density at radius 2 is 1.62 bits per heavy atom. The van der Waals surface area contributed by atoms with E-state index in [2.05, 4.69) is 44.0 Å². The first-order valence-electron chi connectivity index (χ1n) is 7.34. The third-order valence-corrected chi connectivity index (χ3v) is 4.36. The first-order valence-corrected chi connectivity index (χ1v) is 7.34. The van der Waals surface area contributed by atoms with Crippen molar-refractivity contribution in [2.75, 3.05) is 49.1 Å². The Bertz CT molecular complexity index is 514.